The smallest absolute Gasteiger partial charge is 0.0721 e. The Morgan fingerprint density at radius 3 is 2.45 bits per heavy atom. The monoisotopic (exact) mass is 450 g/mol. The van der Waals surface area contributed by atoms with Gasteiger partial charge in [0.15, 0.2) is 0 Å². The molecule has 0 aliphatic rings. The van der Waals surface area contributed by atoms with Gasteiger partial charge >= 0.3 is 0 Å². The third kappa shape index (κ3) is 4.30. The van der Waals surface area contributed by atoms with Gasteiger partial charge in [-0.1, -0.05) is 58.9 Å². The van der Waals surface area contributed by atoms with Gasteiger partial charge in [0.1, 0.15) is 0 Å². The number of pyridine rings is 2. The van der Waals surface area contributed by atoms with Gasteiger partial charge in [0, 0.05) is 33.1 Å². The highest BCUT2D eigenvalue weighted by Gasteiger charge is 2.19. The molecular formula is C30H30N2S. The van der Waals surface area contributed by atoms with Crippen molar-refractivity contribution in [1.82, 2.24) is 9.97 Å². The molecule has 0 aliphatic heterocycles. The standard InChI is InChI=1S/C30H30N2S/c1-19(2)14-28-24-11-13-33-29(24)18-27(32-28)21-10-12-31-26(17-21)22-15-20-8-6-7-9-23(20)25(16-22)30(3,4)5/h6-13,15-19H,14H2,1-5H3. The first-order chi connectivity index (χ1) is 15.8. The van der Waals surface area contributed by atoms with Crippen molar-refractivity contribution in [3.05, 3.63) is 83.5 Å². The second kappa shape index (κ2) is 8.39. The van der Waals surface area contributed by atoms with Crippen LogP contribution >= 0.6 is 11.3 Å². The molecule has 2 nitrogen and oxygen atoms in total. The Morgan fingerprint density at radius 1 is 0.848 bits per heavy atom. The van der Waals surface area contributed by atoms with E-state index in [0.29, 0.717) is 5.92 Å². The number of hydrogen-bond donors (Lipinski definition) is 0. The fraction of sp³-hybridized carbons (Fsp3) is 0.267. The summed E-state index contributed by atoms with van der Waals surface area (Å²) in [5.74, 6) is 0.567. The zero-order valence-corrected chi connectivity index (χ0v) is 20.8. The van der Waals surface area contributed by atoms with E-state index in [0.717, 1.165) is 28.9 Å². The Bertz CT molecular complexity index is 1450. The molecule has 5 rings (SSSR count). The zero-order valence-electron chi connectivity index (χ0n) is 20.0. The lowest BCUT2D eigenvalue weighted by atomic mass is 9.82. The number of benzene rings is 2. The predicted octanol–water partition coefficient (Wildman–Crippen LogP) is 8.67. The topological polar surface area (TPSA) is 25.8 Å². The first-order valence-corrected chi connectivity index (χ1v) is 12.5. The van der Waals surface area contributed by atoms with Crippen LogP contribution in [0.5, 0.6) is 0 Å². The zero-order chi connectivity index (χ0) is 23.2. The van der Waals surface area contributed by atoms with Crippen LogP contribution in [0.3, 0.4) is 0 Å². The summed E-state index contributed by atoms with van der Waals surface area (Å²) < 4.78 is 1.30. The van der Waals surface area contributed by atoms with Crippen LogP contribution in [-0.2, 0) is 11.8 Å². The maximum Gasteiger partial charge on any atom is 0.0721 e. The second-order valence-electron chi connectivity index (χ2n) is 10.3. The summed E-state index contributed by atoms with van der Waals surface area (Å²) in [6, 6.07) is 21.9. The third-order valence-electron chi connectivity index (χ3n) is 6.15. The minimum absolute atomic E-state index is 0.0464. The van der Waals surface area contributed by atoms with Gasteiger partial charge in [-0.25, -0.2) is 0 Å². The molecule has 0 fully saturated rings. The summed E-state index contributed by atoms with van der Waals surface area (Å²) in [5, 5.41) is 6.02. The molecule has 0 atom stereocenters. The largest absolute Gasteiger partial charge is 0.256 e. The molecule has 0 amide bonds. The lowest BCUT2D eigenvalue weighted by Crippen LogP contribution is -2.12. The van der Waals surface area contributed by atoms with Crippen LogP contribution in [0.25, 0.3) is 43.4 Å². The highest BCUT2D eigenvalue weighted by molar-refractivity contribution is 7.17. The van der Waals surface area contributed by atoms with Gasteiger partial charge < -0.3 is 0 Å². The molecule has 0 aliphatic carbocycles. The molecule has 166 valence electrons. The Kier molecular flexibility index (Phi) is 5.54. The first-order valence-electron chi connectivity index (χ1n) is 11.7. The molecular weight excluding hydrogens is 420 g/mol. The minimum atomic E-state index is 0.0464. The summed E-state index contributed by atoms with van der Waals surface area (Å²) in [6.07, 6.45) is 2.90. The number of thiophene rings is 1. The summed E-state index contributed by atoms with van der Waals surface area (Å²) in [4.78, 5) is 9.87. The van der Waals surface area contributed by atoms with Gasteiger partial charge in [-0.2, -0.15) is 0 Å². The van der Waals surface area contributed by atoms with Crippen molar-refractivity contribution >= 4 is 32.2 Å². The Labute approximate surface area is 200 Å². The maximum absolute atomic E-state index is 5.10. The van der Waals surface area contributed by atoms with Crippen molar-refractivity contribution in [1.29, 1.82) is 0 Å². The van der Waals surface area contributed by atoms with E-state index >= 15 is 0 Å². The van der Waals surface area contributed by atoms with E-state index in [-0.39, 0.29) is 5.41 Å². The first kappa shape index (κ1) is 21.8. The van der Waals surface area contributed by atoms with Gasteiger partial charge in [0.2, 0.25) is 0 Å². The molecule has 3 heteroatoms. The van der Waals surface area contributed by atoms with Crippen LogP contribution in [0.2, 0.25) is 0 Å². The van der Waals surface area contributed by atoms with Gasteiger partial charge in [-0.3, -0.25) is 9.97 Å². The summed E-state index contributed by atoms with van der Waals surface area (Å²) >= 11 is 1.79. The highest BCUT2D eigenvalue weighted by atomic mass is 32.1. The van der Waals surface area contributed by atoms with E-state index < -0.39 is 0 Å². The Balaban J connectivity index is 1.65. The average Bonchev–Trinajstić information content (AvgIpc) is 3.26. The second-order valence-corrected chi connectivity index (χ2v) is 11.3. The van der Waals surface area contributed by atoms with Crippen molar-refractivity contribution < 1.29 is 0 Å². The lowest BCUT2D eigenvalue weighted by Gasteiger charge is -2.22. The van der Waals surface area contributed by atoms with Crippen molar-refractivity contribution in [3.8, 4) is 22.5 Å². The lowest BCUT2D eigenvalue weighted by molar-refractivity contribution is 0.596. The van der Waals surface area contributed by atoms with E-state index in [1.807, 2.05) is 6.20 Å². The van der Waals surface area contributed by atoms with Crippen LogP contribution in [-0.4, -0.2) is 9.97 Å². The molecule has 0 bridgehead atoms. The molecule has 33 heavy (non-hydrogen) atoms. The molecule has 5 aromatic rings. The van der Waals surface area contributed by atoms with Crippen LogP contribution < -0.4 is 0 Å². The normalized spacial score (nSPS) is 12.2. The number of aromatic nitrogens is 2. The number of rotatable bonds is 4. The van der Waals surface area contributed by atoms with Crippen LogP contribution in [0.15, 0.2) is 72.2 Å². The molecule has 0 unspecified atom stereocenters. The molecule has 0 saturated carbocycles. The Morgan fingerprint density at radius 2 is 1.67 bits per heavy atom. The summed E-state index contributed by atoms with van der Waals surface area (Å²) in [6.45, 7) is 11.3. The molecule has 0 N–H and O–H groups in total. The van der Waals surface area contributed by atoms with Crippen molar-refractivity contribution in [2.45, 2.75) is 46.5 Å². The molecule has 3 heterocycles. The highest BCUT2D eigenvalue weighted by Crippen LogP contribution is 2.36. The van der Waals surface area contributed by atoms with Crippen molar-refractivity contribution in [3.63, 3.8) is 0 Å². The number of fused-ring (bicyclic) bond motifs is 2. The van der Waals surface area contributed by atoms with Crippen molar-refractivity contribution in [2.24, 2.45) is 5.92 Å². The number of hydrogen-bond acceptors (Lipinski definition) is 3. The van der Waals surface area contributed by atoms with Gasteiger partial charge in [-0.05, 0) is 75.9 Å². The molecule has 0 spiro atoms. The number of nitrogens with zero attached hydrogens (tertiary/aromatic N) is 2. The summed E-state index contributed by atoms with van der Waals surface area (Å²) in [5.41, 5.74) is 6.87. The molecule has 0 saturated heterocycles. The molecule has 0 radical (unpaired) electrons. The average molecular weight is 451 g/mol. The Hall–Kier alpha value is -3.04. The van der Waals surface area contributed by atoms with Crippen molar-refractivity contribution in [2.75, 3.05) is 0 Å². The molecule has 3 aromatic heterocycles. The van der Waals surface area contributed by atoms with Crippen LogP contribution in [0, 0.1) is 5.92 Å². The SMILES string of the molecule is CC(C)Cc1nc(-c2ccnc(-c3cc(C(C)(C)C)c4ccccc4c3)c2)cc2sccc12. The fourth-order valence-corrected chi connectivity index (χ4v) is 5.39. The van der Waals surface area contributed by atoms with E-state index in [9.17, 15) is 0 Å². The molecule has 2 aromatic carbocycles. The maximum atomic E-state index is 5.10. The van der Waals surface area contributed by atoms with E-state index in [2.05, 4.69) is 101 Å². The fourth-order valence-electron chi connectivity index (χ4n) is 4.55. The van der Waals surface area contributed by atoms with Crippen LogP contribution in [0.1, 0.15) is 45.9 Å². The minimum Gasteiger partial charge on any atom is -0.256 e. The van der Waals surface area contributed by atoms with Gasteiger partial charge in [-0.15, -0.1) is 11.3 Å². The van der Waals surface area contributed by atoms with E-state index in [4.69, 9.17) is 9.97 Å². The van der Waals surface area contributed by atoms with Crippen LogP contribution in [0.4, 0.5) is 0 Å². The quantitative estimate of drug-likeness (QED) is 0.274. The van der Waals surface area contributed by atoms with Gasteiger partial charge in [0.05, 0.1) is 11.4 Å². The van der Waals surface area contributed by atoms with Gasteiger partial charge in [0.25, 0.3) is 0 Å². The predicted molar refractivity (Wildman–Crippen MR) is 143 cm³/mol. The third-order valence-corrected chi connectivity index (χ3v) is 7.02. The van der Waals surface area contributed by atoms with E-state index in [1.165, 1.54) is 32.1 Å². The summed E-state index contributed by atoms with van der Waals surface area (Å²) in [7, 11) is 0. The van der Waals surface area contributed by atoms with E-state index in [1.54, 1.807) is 11.3 Å².